The highest BCUT2D eigenvalue weighted by molar-refractivity contribution is 5.89. The summed E-state index contributed by atoms with van der Waals surface area (Å²) in [5.74, 6) is 0.605. The molecule has 0 radical (unpaired) electrons. The Bertz CT molecular complexity index is 507. The monoisotopic (exact) mass is 312 g/mol. The van der Waals surface area contributed by atoms with E-state index in [1.807, 2.05) is 36.4 Å². The topological polar surface area (TPSA) is 26.3 Å². The maximum atomic E-state index is 12.2. The third-order valence-electron chi connectivity index (χ3n) is 4.66. The number of rotatable bonds is 8. The molecule has 1 aromatic rings. The van der Waals surface area contributed by atoms with Gasteiger partial charge in [-0.2, -0.15) is 0 Å². The number of unbranched alkanes of at least 4 members (excludes halogenated alkanes) is 1. The van der Waals surface area contributed by atoms with Crippen LogP contribution in [0, 0.1) is 5.92 Å². The molecule has 0 atom stereocenters. The lowest BCUT2D eigenvalue weighted by molar-refractivity contribution is 0.0161. The van der Waals surface area contributed by atoms with Crippen LogP contribution in [0.15, 0.2) is 49.6 Å². The normalized spacial score (nSPS) is 20.7. The van der Waals surface area contributed by atoms with E-state index in [-0.39, 0.29) is 12.1 Å². The van der Waals surface area contributed by atoms with Gasteiger partial charge in [0.2, 0.25) is 0 Å². The molecule has 0 spiro atoms. The molecule has 0 unspecified atom stereocenters. The number of benzene rings is 1. The minimum atomic E-state index is -0.190. The van der Waals surface area contributed by atoms with Crippen molar-refractivity contribution in [1.82, 2.24) is 0 Å². The van der Waals surface area contributed by atoms with Crippen LogP contribution < -0.4 is 0 Å². The summed E-state index contributed by atoms with van der Waals surface area (Å²) in [5.41, 5.74) is 1.81. The Hall–Kier alpha value is -1.83. The Kier molecular flexibility index (Phi) is 7.12. The summed E-state index contributed by atoms with van der Waals surface area (Å²) in [7, 11) is 0. The van der Waals surface area contributed by atoms with E-state index in [1.165, 1.54) is 25.7 Å². The van der Waals surface area contributed by atoms with E-state index in [9.17, 15) is 4.79 Å². The van der Waals surface area contributed by atoms with Gasteiger partial charge in [0.25, 0.3) is 0 Å². The number of ether oxygens (including phenoxy) is 1. The minimum absolute atomic E-state index is 0.0889. The largest absolute Gasteiger partial charge is 0.459 e. The van der Waals surface area contributed by atoms with Gasteiger partial charge < -0.3 is 4.74 Å². The van der Waals surface area contributed by atoms with Crippen LogP contribution in [0.5, 0.6) is 0 Å². The summed E-state index contributed by atoms with van der Waals surface area (Å²) in [6, 6.07) is 7.63. The van der Waals surface area contributed by atoms with E-state index >= 15 is 0 Å². The van der Waals surface area contributed by atoms with Gasteiger partial charge in [-0.05, 0) is 68.6 Å². The standard InChI is InChI=1S/C21H28O2/c1-3-5-6-8-18-11-15-20(16-12-18)23-21(22)19-13-9-17(7-4-2)10-14-19/h3-4,9-10,13-14,18,20H,1-2,5-8,11-12,15-16H2. The first-order valence-corrected chi connectivity index (χ1v) is 8.74. The van der Waals surface area contributed by atoms with Crippen molar-refractivity contribution in [1.29, 1.82) is 0 Å². The van der Waals surface area contributed by atoms with Gasteiger partial charge in [-0.25, -0.2) is 4.79 Å². The number of hydrogen-bond acceptors (Lipinski definition) is 2. The summed E-state index contributed by atoms with van der Waals surface area (Å²) in [6.45, 7) is 7.49. The second kappa shape index (κ2) is 9.34. The van der Waals surface area contributed by atoms with Crippen LogP contribution in [0.1, 0.15) is 60.9 Å². The first kappa shape index (κ1) is 17.5. The highest BCUT2D eigenvalue weighted by Crippen LogP contribution is 2.30. The fourth-order valence-corrected chi connectivity index (χ4v) is 3.25. The third kappa shape index (κ3) is 5.70. The van der Waals surface area contributed by atoms with Crippen LogP contribution in [0.25, 0.3) is 0 Å². The molecule has 1 aromatic carbocycles. The molecule has 124 valence electrons. The van der Waals surface area contributed by atoms with Crippen molar-refractivity contribution in [2.24, 2.45) is 5.92 Å². The van der Waals surface area contributed by atoms with Gasteiger partial charge in [-0.1, -0.05) is 30.7 Å². The zero-order valence-corrected chi connectivity index (χ0v) is 14.0. The summed E-state index contributed by atoms with van der Waals surface area (Å²) in [5, 5.41) is 0. The fraction of sp³-hybridized carbons (Fsp3) is 0.476. The van der Waals surface area contributed by atoms with E-state index in [0.29, 0.717) is 5.56 Å². The highest BCUT2D eigenvalue weighted by Gasteiger charge is 2.24. The summed E-state index contributed by atoms with van der Waals surface area (Å²) < 4.78 is 5.68. The van der Waals surface area contributed by atoms with E-state index < -0.39 is 0 Å². The Labute approximate surface area is 140 Å². The average Bonchev–Trinajstić information content (AvgIpc) is 2.57. The smallest absolute Gasteiger partial charge is 0.338 e. The van der Waals surface area contributed by atoms with Gasteiger partial charge in [-0.15, -0.1) is 13.2 Å². The van der Waals surface area contributed by atoms with Crippen LogP contribution in [0.3, 0.4) is 0 Å². The van der Waals surface area contributed by atoms with Crippen molar-refractivity contribution in [3.8, 4) is 0 Å². The Morgan fingerprint density at radius 3 is 2.39 bits per heavy atom. The van der Waals surface area contributed by atoms with Crippen LogP contribution >= 0.6 is 0 Å². The number of carbonyl (C=O) groups is 1. The van der Waals surface area contributed by atoms with E-state index in [4.69, 9.17) is 4.74 Å². The molecular weight excluding hydrogens is 284 g/mol. The number of allylic oxidation sites excluding steroid dienone is 2. The molecule has 0 heterocycles. The minimum Gasteiger partial charge on any atom is -0.459 e. The first-order valence-electron chi connectivity index (χ1n) is 8.74. The molecule has 0 aliphatic heterocycles. The lowest BCUT2D eigenvalue weighted by atomic mass is 9.84. The predicted molar refractivity (Wildman–Crippen MR) is 95.6 cm³/mol. The maximum absolute atomic E-state index is 12.2. The lowest BCUT2D eigenvalue weighted by Crippen LogP contribution is -2.24. The van der Waals surface area contributed by atoms with Gasteiger partial charge in [0.05, 0.1) is 5.56 Å². The molecule has 2 rings (SSSR count). The van der Waals surface area contributed by atoms with Crippen LogP contribution in [-0.2, 0) is 11.2 Å². The van der Waals surface area contributed by atoms with Crippen LogP contribution in [0.4, 0.5) is 0 Å². The SMILES string of the molecule is C=CCCCC1CCC(OC(=O)c2ccc(CC=C)cc2)CC1. The van der Waals surface area contributed by atoms with E-state index in [2.05, 4.69) is 13.2 Å². The van der Waals surface area contributed by atoms with Gasteiger partial charge in [-0.3, -0.25) is 0 Å². The predicted octanol–water partition coefficient (Wildman–Crippen LogP) is 5.49. The van der Waals surface area contributed by atoms with Gasteiger partial charge in [0.15, 0.2) is 0 Å². The zero-order valence-electron chi connectivity index (χ0n) is 14.0. The molecule has 1 aliphatic carbocycles. The Balaban J connectivity index is 1.75. The van der Waals surface area contributed by atoms with E-state index in [1.54, 1.807) is 0 Å². The Morgan fingerprint density at radius 2 is 1.78 bits per heavy atom. The van der Waals surface area contributed by atoms with Gasteiger partial charge >= 0.3 is 5.97 Å². The molecule has 1 fully saturated rings. The number of esters is 1. The highest BCUT2D eigenvalue weighted by atomic mass is 16.5. The van der Waals surface area contributed by atoms with Crippen molar-refractivity contribution in [2.75, 3.05) is 0 Å². The molecule has 1 aliphatic rings. The molecule has 2 heteroatoms. The van der Waals surface area contributed by atoms with E-state index in [0.717, 1.165) is 37.2 Å². The molecule has 0 aromatic heterocycles. The second-order valence-corrected chi connectivity index (χ2v) is 6.46. The van der Waals surface area contributed by atoms with Gasteiger partial charge in [0.1, 0.15) is 6.10 Å². The third-order valence-corrected chi connectivity index (χ3v) is 4.66. The molecule has 1 saturated carbocycles. The Morgan fingerprint density at radius 1 is 1.09 bits per heavy atom. The van der Waals surface area contributed by atoms with Crippen molar-refractivity contribution < 1.29 is 9.53 Å². The first-order chi connectivity index (χ1) is 11.2. The molecule has 2 nitrogen and oxygen atoms in total. The quantitative estimate of drug-likeness (QED) is 0.360. The molecule has 0 amide bonds. The number of carbonyl (C=O) groups excluding carboxylic acids is 1. The second-order valence-electron chi connectivity index (χ2n) is 6.46. The van der Waals surface area contributed by atoms with Crippen molar-refractivity contribution in [2.45, 2.75) is 57.5 Å². The zero-order chi connectivity index (χ0) is 16.5. The summed E-state index contributed by atoms with van der Waals surface area (Å²) >= 11 is 0. The molecule has 0 saturated heterocycles. The fourth-order valence-electron chi connectivity index (χ4n) is 3.25. The molecular formula is C21H28O2. The molecule has 23 heavy (non-hydrogen) atoms. The molecule has 0 bridgehead atoms. The molecule has 0 N–H and O–H groups in total. The van der Waals surface area contributed by atoms with Crippen molar-refractivity contribution >= 4 is 5.97 Å². The number of hydrogen-bond donors (Lipinski definition) is 0. The van der Waals surface area contributed by atoms with Gasteiger partial charge in [0, 0.05) is 0 Å². The lowest BCUT2D eigenvalue weighted by Gasteiger charge is -2.28. The summed E-state index contributed by atoms with van der Waals surface area (Å²) in [6.07, 6.45) is 12.7. The van der Waals surface area contributed by atoms with Crippen LogP contribution in [0.2, 0.25) is 0 Å². The van der Waals surface area contributed by atoms with Crippen molar-refractivity contribution in [3.63, 3.8) is 0 Å². The maximum Gasteiger partial charge on any atom is 0.338 e. The van der Waals surface area contributed by atoms with Crippen LogP contribution in [-0.4, -0.2) is 12.1 Å². The summed E-state index contributed by atoms with van der Waals surface area (Å²) in [4.78, 5) is 12.2. The average molecular weight is 312 g/mol. The van der Waals surface area contributed by atoms with Crippen molar-refractivity contribution in [3.05, 3.63) is 60.7 Å².